The van der Waals surface area contributed by atoms with Crippen LogP contribution in [0.2, 0.25) is 0 Å². The molecule has 1 aliphatic carbocycles. The van der Waals surface area contributed by atoms with Crippen LogP contribution in [0.1, 0.15) is 28.9 Å². The number of carbonyl (C=O) groups excluding carboxylic acids is 1. The third-order valence-corrected chi connectivity index (χ3v) is 6.68. The lowest BCUT2D eigenvalue weighted by atomic mass is 9.77. The number of rotatable bonds is 3. The van der Waals surface area contributed by atoms with Crippen LogP contribution in [0.15, 0.2) is 30.0 Å². The number of aliphatic hydroxyl groups excluding tert-OH is 1. The van der Waals surface area contributed by atoms with Crippen LogP contribution in [-0.4, -0.2) is 55.8 Å². The highest BCUT2D eigenvalue weighted by Gasteiger charge is 2.42. The van der Waals surface area contributed by atoms with E-state index in [1.807, 2.05) is 24.6 Å². The highest BCUT2D eigenvalue weighted by atomic mass is 32.1. The Labute approximate surface area is 166 Å². The molecule has 0 bridgehead atoms. The Morgan fingerprint density at radius 2 is 2.11 bits per heavy atom. The van der Waals surface area contributed by atoms with Crippen molar-refractivity contribution in [2.75, 3.05) is 18.0 Å². The molecule has 3 aromatic rings. The van der Waals surface area contributed by atoms with Gasteiger partial charge in [0.1, 0.15) is 0 Å². The Morgan fingerprint density at radius 1 is 1.29 bits per heavy atom. The number of nitrogens with zero attached hydrogens (tertiary/aromatic N) is 5. The third kappa shape index (κ3) is 3.14. The van der Waals surface area contributed by atoms with Crippen molar-refractivity contribution >= 4 is 28.0 Å². The summed E-state index contributed by atoms with van der Waals surface area (Å²) in [4.78, 5) is 23.7. The first-order valence-corrected chi connectivity index (χ1v) is 10.4. The van der Waals surface area contributed by atoms with Gasteiger partial charge in [0.2, 0.25) is 0 Å². The maximum absolute atomic E-state index is 12.7. The van der Waals surface area contributed by atoms with Crippen molar-refractivity contribution in [3.63, 3.8) is 0 Å². The van der Waals surface area contributed by atoms with Gasteiger partial charge in [-0.25, -0.2) is 14.5 Å². The lowest BCUT2D eigenvalue weighted by molar-refractivity contribution is 0.0462. The average molecular weight is 398 g/mol. The maximum Gasteiger partial charge on any atom is 0.254 e. The van der Waals surface area contributed by atoms with E-state index in [0.29, 0.717) is 29.5 Å². The van der Waals surface area contributed by atoms with E-state index < -0.39 is 6.10 Å². The second-order valence-corrected chi connectivity index (χ2v) is 8.66. The first-order valence-electron chi connectivity index (χ1n) is 9.52. The first kappa shape index (κ1) is 17.6. The van der Waals surface area contributed by atoms with Crippen molar-refractivity contribution in [2.45, 2.75) is 31.9 Å². The molecule has 1 amide bonds. The van der Waals surface area contributed by atoms with Gasteiger partial charge in [0, 0.05) is 43.1 Å². The summed E-state index contributed by atoms with van der Waals surface area (Å²) in [7, 11) is 0. The predicted molar refractivity (Wildman–Crippen MR) is 106 cm³/mol. The minimum Gasteiger partial charge on any atom is -0.391 e. The number of aromatic nitrogens is 4. The van der Waals surface area contributed by atoms with E-state index in [-0.39, 0.29) is 11.9 Å². The lowest BCUT2D eigenvalue weighted by Crippen LogP contribution is -2.49. The molecule has 8 nitrogen and oxygen atoms in total. The fraction of sp³-hybridized carbons (Fsp3) is 0.474. The van der Waals surface area contributed by atoms with Crippen LogP contribution in [0.4, 0.5) is 5.13 Å². The Balaban J connectivity index is 1.28. The monoisotopic (exact) mass is 398 g/mol. The summed E-state index contributed by atoms with van der Waals surface area (Å²) < 4.78 is 1.61. The minimum atomic E-state index is -0.537. The van der Waals surface area contributed by atoms with Gasteiger partial charge in [-0.3, -0.25) is 4.79 Å². The summed E-state index contributed by atoms with van der Waals surface area (Å²) in [5, 5.41) is 21.0. The van der Waals surface area contributed by atoms with Crippen LogP contribution < -0.4 is 10.2 Å². The van der Waals surface area contributed by atoms with E-state index in [0.717, 1.165) is 30.3 Å². The van der Waals surface area contributed by atoms with E-state index >= 15 is 0 Å². The van der Waals surface area contributed by atoms with Crippen LogP contribution in [0.25, 0.3) is 5.65 Å². The number of thiazole rings is 1. The summed E-state index contributed by atoms with van der Waals surface area (Å²) >= 11 is 1.65. The van der Waals surface area contributed by atoms with Crippen LogP contribution >= 0.6 is 11.3 Å². The SMILES string of the molecule is Cc1cc2ncc(C(=O)N[C@H]3C[C@H]4CN(c5nccs5)C[C@H]4C[C@@H]3O)cn2n1. The molecule has 4 heterocycles. The van der Waals surface area contributed by atoms with Crippen molar-refractivity contribution in [2.24, 2.45) is 11.8 Å². The molecule has 2 aliphatic rings. The molecule has 1 aliphatic heterocycles. The third-order valence-electron chi connectivity index (χ3n) is 5.85. The summed E-state index contributed by atoms with van der Waals surface area (Å²) in [6, 6.07) is 1.61. The normalized spacial score (nSPS) is 27.1. The van der Waals surface area contributed by atoms with Crippen LogP contribution in [0, 0.1) is 18.8 Å². The zero-order valence-electron chi connectivity index (χ0n) is 15.5. The first-order chi connectivity index (χ1) is 13.6. The van der Waals surface area contributed by atoms with Gasteiger partial charge in [0.25, 0.3) is 5.91 Å². The molecule has 1 saturated heterocycles. The average Bonchev–Trinajstić information content (AvgIpc) is 3.39. The molecule has 3 aromatic heterocycles. The molecule has 0 unspecified atom stereocenters. The number of aliphatic hydroxyl groups is 1. The topological polar surface area (TPSA) is 95.7 Å². The molecule has 146 valence electrons. The number of hydrogen-bond donors (Lipinski definition) is 2. The fourth-order valence-electron chi connectivity index (χ4n) is 4.48. The summed E-state index contributed by atoms with van der Waals surface area (Å²) in [5.74, 6) is 0.670. The highest BCUT2D eigenvalue weighted by Crippen LogP contribution is 2.38. The Morgan fingerprint density at radius 3 is 2.89 bits per heavy atom. The molecule has 28 heavy (non-hydrogen) atoms. The van der Waals surface area contributed by atoms with Gasteiger partial charge in [-0.15, -0.1) is 11.3 Å². The molecular formula is C19H22N6O2S. The molecule has 2 N–H and O–H groups in total. The standard InChI is InChI=1S/C19H22N6O2S/c1-11-4-17-21-7-14(10-25(17)23-11)18(27)22-15-5-12-8-24(19-20-2-3-28-19)9-13(12)6-16(15)26/h2-4,7,10,12-13,15-16,26H,5-6,8-9H2,1H3,(H,22,27)/t12-,13+,15-,16-/m0/s1. The molecule has 2 fully saturated rings. The van der Waals surface area contributed by atoms with Gasteiger partial charge >= 0.3 is 0 Å². The number of hydrogen-bond acceptors (Lipinski definition) is 7. The van der Waals surface area contributed by atoms with Crippen molar-refractivity contribution in [1.82, 2.24) is 24.9 Å². The summed E-state index contributed by atoms with van der Waals surface area (Å²) in [6.45, 7) is 3.74. The second kappa shape index (κ2) is 6.82. The summed E-state index contributed by atoms with van der Waals surface area (Å²) in [6.07, 6.45) is 6.01. The quantitative estimate of drug-likeness (QED) is 0.694. The van der Waals surface area contributed by atoms with Gasteiger partial charge < -0.3 is 15.3 Å². The van der Waals surface area contributed by atoms with E-state index in [1.165, 1.54) is 0 Å². The lowest BCUT2D eigenvalue weighted by Gasteiger charge is -2.35. The van der Waals surface area contributed by atoms with Gasteiger partial charge in [-0.1, -0.05) is 0 Å². The molecular weight excluding hydrogens is 376 g/mol. The van der Waals surface area contributed by atoms with Gasteiger partial charge in [-0.2, -0.15) is 5.10 Å². The van der Waals surface area contributed by atoms with Crippen LogP contribution in [0.3, 0.4) is 0 Å². The summed E-state index contributed by atoms with van der Waals surface area (Å²) in [5.41, 5.74) is 2.01. The number of anilines is 1. The molecule has 0 spiro atoms. The Hall–Kier alpha value is -2.52. The fourth-order valence-corrected chi connectivity index (χ4v) is 5.14. The number of carbonyl (C=O) groups is 1. The predicted octanol–water partition coefficient (Wildman–Crippen LogP) is 1.50. The van der Waals surface area contributed by atoms with Gasteiger partial charge in [0.15, 0.2) is 10.8 Å². The maximum atomic E-state index is 12.7. The number of amides is 1. The zero-order valence-corrected chi connectivity index (χ0v) is 16.3. The number of nitrogens with one attached hydrogen (secondary N) is 1. The second-order valence-electron chi connectivity index (χ2n) is 7.79. The van der Waals surface area contributed by atoms with Gasteiger partial charge in [-0.05, 0) is 31.6 Å². The number of fused-ring (bicyclic) bond motifs is 2. The molecule has 0 radical (unpaired) electrons. The van der Waals surface area contributed by atoms with E-state index in [1.54, 1.807) is 28.2 Å². The minimum absolute atomic E-state index is 0.222. The molecule has 0 aromatic carbocycles. The van der Waals surface area contributed by atoms with Crippen molar-refractivity contribution in [1.29, 1.82) is 0 Å². The van der Waals surface area contributed by atoms with Crippen molar-refractivity contribution < 1.29 is 9.90 Å². The van der Waals surface area contributed by atoms with E-state index in [2.05, 4.69) is 25.3 Å². The molecule has 1 saturated carbocycles. The van der Waals surface area contributed by atoms with E-state index in [4.69, 9.17) is 0 Å². The van der Waals surface area contributed by atoms with Crippen LogP contribution in [-0.2, 0) is 0 Å². The largest absolute Gasteiger partial charge is 0.391 e. The Kier molecular flexibility index (Phi) is 4.28. The molecule has 5 rings (SSSR count). The van der Waals surface area contributed by atoms with Gasteiger partial charge in [0.05, 0.1) is 23.4 Å². The molecule has 9 heteroatoms. The highest BCUT2D eigenvalue weighted by molar-refractivity contribution is 7.13. The number of aryl methyl sites for hydroxylation is 1. The van der Waals surface area contributed by atoms with E-state index in [9.17, 15) is 9.90 Å². The van der Waals surface area contributed by atoms with Crippen molar-refractivity contribution in [3.05, 3.63) is 41.3 Å². The Bertz CT molecular complexity index is 1000. The molecule has 4 atom stereocenters. The van der Waals surface area contributed by atoms with Crippen LogP contribution in [0.5, 0.6) is 0 Å². The smallest absolute Gasteiger partial charge is 0.254 e. The zero-order chi connectivity index (χ0) is 19.3. The van der Waals surface area contributed by atoms with Crippen molar-refractivity contribution in [3.8, 4) is 0 Å².